The van der Waals surface area contributed by atoms with Crippen LogP contribution in [0.4, 0.5) is 0 Å². The molecule has 72 valence electrons. The highest BCUT2D eigenvalue weighted by atomic mass is 35.5. The maximum atomic E-state index is 5.90. The smallest absolute Gasteiger partial charge is 0.174 e. The van der Waals surface area contributed by atoms with Gasteiger partial charge in [0.25, 0.3) is 0 Å². The Morgan fingerprint density at radius 3 is 2.50 bits per heavy atom. The summed E-state index contributed by atoms with van der Waals surface area (Å²) in [6, 6.07) is 0. The molecular weight excluding hydrogens is 222 g/mol. The van der Waals surface area contributed by atoms with Gasteiger partial charge in [-0.25, -0.2) is 0 Å². The van der Waals surface area contributed by atoms with E-state index in [4.69, 9.17) is 44.3 Å². The molecule has 0 bridgehead atoms. The van der Waals surface area contributed by atoms with Crippen molar-refractivity contribution in [2.45, 2.75) is 24.2 Å². The molecule has 1 rings (SSSR count). The van der Waals surface area contributed by atoms with Crippen LogP contribution in [0, 0.1) is 0 Å². The first-order valence-electron chi connectivity index (χ1n) is 3.81. The van der Waals surface area contributed by atoms with E-state index < -0.39 is 0 Å². The minimum Gasteiger partial charge on any atom is -0.351 e. The van der Waals surface area contributed by atoms with E-state index in [-0.39, 0.29) is 17.8 Å². The van der Waals surface area contributed by atoms with Crippen LogP contribution in [-0.4, -0.2) is 36.1 Å². The molecule has 2 nitrogen and oxygen atoms in total. The molecule has 2 unspecified atom stereocenters. The summed E-state index contributed by atoms with van der Waals surface area (Å²) in [7, 11) is 0. The van der Waals surface area contributed by atoms with Crippen molar-refractivity contribution in [2.24, 2.45) is 0 Å². The molecule has 0 aromatic carbocycles. The first-order chi connectivity index (χ1) is 5.77. The topological polar surface area (TPSA) is 18.5 Å². The van der Waals surface area contributed by atoms with Crippen LogP contribution in [0.25, 0.3) is 0 Å². The van der Waals surface area contributed by atoms with E-state index in [2.05, 4.69) is 0 Å². The standard InChI is InChI=1S/C7H11Cl3O2/c8-3-5(4-9)12-7-6(10)1-2-11-7/h5-7H,1-4H2. The van der Waals surface area contributed by atoms with Crippen LogP contribution in [0.15, 0.2) is 0 Å². The van der Waals surface area contributed by atoms with Gasteiger partial charge in [-0.15, -0.1) is 34.8 Å². The average Bonchev–Trinajstić information content (AvgIpc) is 2.47. The molecule has 1 aliphatic rings. The third-order valence-corrected chi connectivity index (χ3v) is 2.75. The van der Waals surface area contributed by atoms with Crippen molar-refractivity contribution in [1.82, 2.24) is 0 Å². The largest absolute Gasteiger partial charge is 0.351 e. The number of alkyl halides is 3. The van der Waals surface area contributed by atoms with Crippen molar-refractivity contribution in [3.05, 3.63) is 0 Å². The third-order valence-electron chi connectivity index (χ3n) is 1.64. The second kappa shape index (κ2) is 5.51. The first kappa shape index (κ1) is 10.9. The number of rotatable bonds is 4. The Morgan fingerprint density at radius 2 is 2.08 bits per heavy atom. The van der Waals surface area contributed by atoms with Crippen LogP contribution in [-0.2, 0) is 9.47 Å². The monoisotopic (exact) mass is 232 g/mol. The summed E-state index contributed by atoms with van der Waals surface area (Å²) in [5.41, 5.74) is 0. The van der Waals surface area contributed by atoms with E-state index in [9.17, 15) is 0 Å². The van der Waals surface area contributed by atoms with E-state index in [1.807, 2.05) is 0 Å². The lowest BCUT2D eigenvalue weighted by Crippen LogP contribution is -2.29. The predicted octanol–water partition coefficient (Wildman–Crippen LogP) is 2.20. The number of ether oxygens (including phenoxy) is 2. The van der Waals surface area contributed by atoms with Gasteiger partial charge in [-0.2, -0.15) is 0 Å². The molecule has 0 spiro atoms. The summed E-state index contributed by atoms with van der Waals surface area (Å²) in [5, 5.41) is -0.0704. The fraction of sp³-hybridized carbons (Fsp3) is 1.00. The molecule has 0 aromatic heterocycles. The van der Waals surface area contributed by atoms with E-state index >= 15 is 0 Å². The van der Waals surface area contributed by atoms with Crippen LogP contribution in [0.1, 0.15) is 6.42 Å². The molecule has 0 aromatic rings. The summed E-state index contributed by atoms with van der Waals surface area (Å²) < 4.78 is 10.6. The van der Waals surface area contributed by atoms with Crippen LogP contribution in [0.3, 0.4) is 0 Å². The Hall–Kier alpha value is 0.790. The fourth-order valence-electron chi connectivity index (χ4n) is 0.965. The Bertz CT molecular complexity index is 130. The Kier molecular flexibility index (Phi) is 4.99. The molecule has 12 heavy (non-hydrogen) atoms. The molecule has 0 saturated carbocycles. The molecule has 1 aliphatic heterocycles. The molecule has 1 heterocycles. The number of halogens is 3. The quantitative estimate of drug-likeness (QED) is 0.693. The third kappa shape index (κ3) is 2.93. The molecule has 0 radical (unpaired) electrons. The van der Waals surface area contributed by atoms with Crippen molar-refractivity contribution in [1.29, 1.82) is 0 Å². The van der Waals surface area contributed by atoms with Crippen LogP contribution in [0.5, 0.6) is 0 Å². The SMILES string of the molecule is ClCC(CCl)OC1OCCC1Cl. The van der Waals surface area contributed by atoms with E-state index in [0.29, 0.717) is 18.4 Å². The van der Waals surface area contributed by atoms with Gasteiger partial charge in [0.2, 0.25) is 0 Å². The van der Waals surface area contributed by atoms with Crippen molar-refractivity contribution < 1.29 is 9.47 Å². The van der Waals surface area contributed by atoms with Gasteiger partial charge in [-0.3, -0.25) is 0 Å². The van der Waals surface area contributed by atoms with Gasteiger partial charge in [0.15, 0.2) is 6.29 Å². The molecule has 0 amide bonds. The highest BCUT2D eigenvalue weighted by molar-refractivity contribution is 6.21. The first-order valence-corrected chi connectivity index (χ1v) is 5.31. The molecule has 0 aliphatic carbocycles. The zero-order valence-corrected chi connectivity index (χ0v) is 8.78. The van der Waals surface area contributed by atoms with Gasteiger partial charge in [0.1, 0.15) is 0 Å². The van der Waals surface area contributed by atoms with Gasteiger partial charge in [-0.1, -0.05) is 0 Å². The van der Waals surface area contributed by atoms with Gasteiger partial charge in [-0.05, 0) is 6.42 Å². The minimum atomic E-state index is -0.339. The number of hydrogen-bond acceptors (Lipinski definition) is 2. The van der Waals surface area contributed by atoms with Crippen molar-refractivity contribution >= 4 is 34.8 Å². The Morgan fingerprint density at radius 1 is 1.42 bits per heavy atom. The van der Waals surface area contributed by atoms with Gasteiger partial charge in [0, 0.05) is 11.8 Å². The van der Waals surface area contributed by atoms with E-state index in [1.165, 1.54) is 0 Å². The summed E-state index contributed by atoms with van der Waals surface area (Å²) >= 11 is 17.1. The molecule has 5 heteroatoms. The lowest BCUT2D eigenvalue weighted by Gasteiger charge is -2.19. The molecule has 1 fully saturated rings. The summed E-state index contributed by atoms with van der Waals surface area (Å²) in [5.74, 6) is 0.736. The fourth-order valence-corrected chi connectivity index (χ4v) is 1.66. The maximum absolute atomic E-state index is 5.90. The van der Waals surface area contributed by atoms with Crippen LogP contribution in [0.2, 0.25) is 0 Å². The average molecular weight is 234 g/mol. The van der Waals surface area contributed by atoms with E-state index in [1.54, 1.807) is 0 Å². The normalized spacial score (nSPS) is 30.0. The molecular formula is C7H11Cl3O2. The van der Waals surface area contributed by atoms with Crippen molar-refractivity contribution in [3.63, 3.8) is 0 Å². The van der Waals surface area contributed by atoms with Gasteiger partial charge >= 0.3 is 0 Å². The summed E-state index contributed by atoms with van der Waals surface area (Å²) in [6.45, 7) is 0.649. The summed E-state index contributed by atoms with van der Waals surface area (Å²) in [4.78, 5) is 0. The zero-order chi connectivity index (χ0) is 8.97. The molecule has 1 saturated heterocycles. The Labute approximate surface area is 87.1 Å². The van der Waals surface area contributed by atoms with E-state index in [0.717, 1.165) is 6.42 Å². The lowest BCUT2D eigenvalue weighted by molar-refractivity contribution is -0.130. The maximum Gasteiger partial charge on any atom is 0.174 e. The Balaban J connectivity index is 2.28. The van der Waals surface area contributed by atoms with Crippen molar-refractivity contribution in [3.8, 4) is 0 Å². The molecule has 0 N–H and O–H groups in total. The van der Waals surface area contributed by atoms with Crippen LogP contribution < -0.4 is 0 Å². The van der Waals surface area contributed by atoms with Crippen LogP contribution >= 0.6 is 34.8 Å². The summed E-state index contributed by atoms with van der Waals surface area (Å²) in [6.07, 6.45) is 0.315. The highest BCUT2D eigenvalue weighted by Gasteiger charge is 2.29. The predicted molar refractivity (Wildman–Crippen MR) is 50.3 cm³/mol. The number of hydrogen-bond donors (Lipinski definition) is 0. The minimum absolute atomic E-state index is 0.0704. The van der Waals surface area contributed by atoms with Gasteiger partial charge in [0.05, 0.1) is 18.1 Å². The second-order valence-electron chi connectivity index (χ2n) is 2.61. The van der Waals surface area contributed by atoms with Gasteiger partial charge < -0.3 is 9.47 Å². The lowest BCUT2D eigenvalue weighted by atomic mass is 10.3. The highest BCUT2D eigenvalue weighted by Crippen LogP contribution is 2.21. The molecule has 2 atom stereocenters. The van der Waals surface area contributed by atoms with Crippen molar-refractivity contribution in [2.75, 3.05) is 18.4 Å². The second-order valence-corrected chi connectivity index (χ2v) is 3.79. The zero-order valence-electron chi connectivity index (χ0n) is 6.51.